The van der Waals surface area contributed by atoms with Gasteiger partial charge in [0.1, 0.15) is 5.82 Å². The van der Waals surface area contributed by atoms with Gasteiger partial charge in [-0.1, -0.05) is 12.5 Å². The maximum Gasteiger partial charge on any atom is 0.166 e. The van der Waals surface area contributed by atoms with E-state index in [4.69, 9.17) is 5.73 Å². The van der Waals surface area contributed by atoms with E-state index < -0.39 is 5.82 Å². The normalized spacial score (nSPS) is 10.6. The lowest BCUT2D eigenvalue weighted by atomic mass is 9.98. The number of Topliss-reactive ketones (excluding diaryl/α,β-unsaturated/α-hetero) is 1. The molecule has 0 heterocycles. The maximum atomic E-state index is 13.7. The predicted molar refractivity (Wildman–Crippen MR) is 67.7 cm³/mol. The van der Waals surface area contributed by atoms with Gasteiger partial charge < -0.3 is 5.73 Å². The number of carbonyl (C=O) groups is 1. The summed E-state index contributed by atoms with van der Waals surface area (Å²) in [6.45, 7) is 4.25. The molecule has 2 N–H and O–H groups in total. The van der Waals surface area contributed by atoms with E-state index in [1.54, 1.807) is 6.92 Å². The molecule has 1 rings (SSSR count). The maximum absolute atomic E-state index is 13.7. The summed E-state index contributed by atoms with van der Waals surface area (Å²) in [6.07, 6.45) is 3.03. The van der Waals surface area contributed by atoms with Crippen LogP contribution in [0, 0.1) is 19.7 Å². The molecule has 0 aliphatic heterocycles. The molecule has 94 valence electrons. The fourth-order valence-electron chi connectivity index (χ4n) is 2.00. The van der Waals surface area contributed by atoms with Crippen LogP contribution in [0.4, 0.5) is 4.39 Å². The fourth-order valence-corrected chi connectivity index (χ4v) is 2.00. The number of rotatable bonds is 6. The molecule has 1 aromatic carbocycles. The van der Waals surface area contributed by atoms with Crippen LogP contribution in [0.1, 0.15) is 47.2 Å². The molecule has 0 fully saturated rings. The van der Waals surface area contributed by atoms with Crippen molar-refractivity contribution in [2.24, 2.45) is 5.73 Å². The zero-order valence-corrected chi connectivity index (χ0v) is 10.6. The molecular weight excluding hydrogens is 217 g/mol. The average Bonchev–Trinajstić information content (AvgIpc) is 2.23. The van der Waals surface area contributed by atoms with E-state index in [0.29, 0.717) is 13.0 Å². The van der Waals surface area contributed by atoms with E-state index in [0.717, 1.165) is 30.4 Å². The van der Waals surface area contributed by atoms with Gasteiger partial charge in [-0.15, -0.1) is 0 Å². The van der Waals surface area contributed by atoms with Gasteiger partial charge in [0, 0.05) is 6.42 Å². The van der Waals surface area contributed by atoms with Crippen LogP contribution in [0.3, 0.4) is 0 Å². The summed E-state index contributed by atoms with van der Waals surface area (Å²) in [4.78, 5) is 11.9. The van der Waals surface area contributed by atoms with E-state index >= 15 is 0 Å². The van der Waals surface area contributed by atoms with Crippen molar-refractivity contribution in [3.05, 3.63) is 34.6 Å². The number of hydrogen-bond donors (Lipinski definition) is 1. The van der Waals surface area contributed by atoms with Crippen molar-refractivity contribution in [2.45, 2.75) is 39.5 Å². The molecule has 0 aliphatic rings. The highest BCUT2D eigenvalue weighted by atomic mass is 19.1. The SMILES string of the molecule is Cc1cc(C)c(C(=O)CCCCCN)c(F)c1. The minimum absolute atomic E-state index is 0.1000. The second kappa shape index (κ2) is 6.50. The topological polar surface area (TPSA) is 43.1 Å². The molecule has 2 nitrogen and oxygen atoms in total. The van der Waals surface area contributed by atoms with E-state index in [9.17, 15) is 9.18 Å². The second-order valence-electron chi connectivity index (χ2n) is 4.46. The van der Waals surface area contributed by atoms with Gasteiger partial charge in [0.15, 0.2) is 5.78 Å². The molecule has 0 saturated carbocycles. The minimum atomic E-state index is -0.397. The van der Waals surface area contributed by atoms with E-state index in [1.807, 2.05) is 13.0 Å². The number of hydrogen-bond acceptors (Lipinski definition) is 2. The van der Waals surface area contributed by atoms with Crippen molar-refractivity contribution in [3.63, 3.8) is 0 Å². The van der Waals surface area contributed by atoms with Gasteiger partial charge in [-0.2, -0.15) is 0 Å². The molecule has 0 aliphatic carbocycles. The highest BCUT2D eigenvalue weighted by molar-refractivity contribution is 5.97. The lowest BCUT2D eigenvalue weighted by Gasteiger charge is -2.07. The van der Waals surface area contributed by atoms with Gasteiger partial charge >= 0.3 is 0 Å². The third-order valence-electron chi connectivity index (χ3n) is 2.82. The lowest BCUT2D eigenvalue weighted by molar-refractivity contribution is 0.0974. The number of unbranched alkanes of at least 4 members (excludes halogenated alkanes) is 2. The van der Waals surface area contributed by atoms with Gasteiger partial charge in [-0.05, 0) is 50.4 Å². The molecule has 0 atom stereocenters. The van der Waals surface area contributed by atoms with Crippen molar-refractivity contribution in [1.29, 1.82) is 0 Å². The molecule has 0 spiro atoms. The Morgan fingerprint density at radius 1 is 1.24 bits per heavy atom. The first-order chi connectivity index (χ1) is 8.06. The number of halogens is 1. The molecule has 0 aromatic heterocycles. The second-order valence-corrected chi connectivity index (χ2v) is 4.46. The van der Waals surface area contributed by atoms with E-state index in [2.05, 4.69) is 0 Å². The lowest BCUT2D eigenvalue weighted by Crippen LogP contribution is -2.06. The number of aryl methyl sites for hydroxylation is 2. The monoisotopic (exact) mass is 237 g/mol. The number of benzene rings is 1. The third kappa shape index (κ3) is 3.93. The van der Waals surface area contributed by atoms with Crippen LogP contribution < -0.4 is 5.73 Å². The summed E-state index contributed by atoms with van der Waals surface area (Å²) in [6, 6.07) is 3.26. The fraction of sp³-hybridized carbons (Fsp3) is 0.500. The van der Waals surface area contributed by atoms with Crippen molar-refractivity contribution in [3.8, 4) is 0 Å². The Labute approximate surface area is 102 Å². The summed E-state index contributed by atoms with van der Waals surface area (Å²) in [7, 11) is 0. The number of carbonyl (C=O) groups excluding carboxylic acids is 1. The summed E-state index contributed by atoms with van der Waals surface area (Å²) in [5.41, 5.74) is 7.20. The largest absolute Gasteiger partial charge is 0.330 e. The smallest absolute Gasteiger partial charge is 0.166 e. The van der Waals surface area contributed by atoms with Gasteiger partial charge in [0.05, 0.1) is 5.56 Å². The number of nitrogens with two attached hydrogens (primary N) is 1. The highest BCUT2D eigenvalue weighted by Gasteiger charge is 2.14. The first-order valence-electron chi connectivity index (χ1n) is 6.06. The van der Waals surface area contributed by atoms with Crippen molar-refractivity contribution in [1.82, 2.24) is 0 Å². The van der Waals surface area contributed by atoms with Crippen molar-refractivity contribution in [2.75, 3.05) is 6.54 Å². The van der Waals surface area contributed by atoms with Crippen LogP contribution in [0.15, 0.2) is 12.1 Å². The molecule has 0 saturated heterocycles. The van der Waals surface area contributed by atoms with Crippen LogP contribution in [0.25, 0.3) is 0 Å². The van der Waals surface area contributed by atoms with Crippen molar-refractivity contribution >= 4 is 5.78 Å². The van der Waals surface area contributed by atoms with E-state index in [1.165, 1.54) is 6.07 Å². The van der Waals surface area contributed by atoms with Gasteiger partial charge in [0.2, 0.25) is 0 Å². The van der Waals surface area contributed by atoms with E-state index in [-0.39, 0.29) is 11.3 Å². The first-order valence-corrected chi connectivity index (χ1v) is 6.06. The Morgan fingerprint density at radius 3 is 2.53 bits per heavy atom. The van der Waals surface area contributed by atoms with Crippen LogP contribution in [0.2, 0.25) is 0 Å². The standard InChI is InChI=1S/C14H20FNO/c1-10-8-11(2)14(12(15)9-10)13(17)6-4-3-5-7-16/h8-9H,3-7,16H2,1-2H3. The van der Waals surface area contributed by atoms with Crippen LogP contribution >= 0.6 is 0 Å². The average molecular weight is 237 g/mol. The minimum Gasteiger partial charge on any atom is -0.330 e. The molecule has 0 bridgehead atoms. The molecule has 1 aromatic rings. The Morgan fingerprint density at radius 2 is 1.94 bits per heavy atom. The van der Waals surface area contributed by atoms with Crippen molar-refractivity contribution < 1.29 is 9.18 Å². The Balaban J connectivity index is 2.69. The molecule has 17 heavy (non-hydrogen) atoms. The van der Waals surface area contributed by atoms with Gasteiger partial charge in [-0.25, -0.2) is 4.39 Å². The predicted octanol–water partition coefficient (Wildman–Crippen LogP) is 3.14. The van der Waals surface area contributed by atoms with Gasteiger partial charge in [-0.3, -0.25) is 4.79 Å². The molecule has 3 heteroatoms. The summed E-state index contributed by atoms with van der Waals surface area (Å²) in [5.74, 6) is -0.497. The van der Waals surface area contributed by atoms with Crippen LogP contribution in [-0.2, 0) is 0 Å². The Kier molecular flexibility index (Phi) is 5.29. The molecular formula is C14H20FNO. The van der Waals surface area contributed by atoms with Gasteiger partial charge in [0.25, 0.3) is 0 Å². The first kappa shape index (κ1) is 13.8. The van der Waals surface area contributed by atoms with Crippen LogP contribution in [0.5, 0.6) is 0 Å². The molecule has 0 amide bonds. The molecule has 0 radical (unpaired) electrons. The highest BCUT2D eigenvalue weighted by Crippen LogP contribution is 2.18. The summed E-state index contributed by atoms with van der Waals surface area (Å²) >= 11 is 0. The number of ketones is 1. The Hall–Kier alpha value is -1.22. The zero-order chi connectivity index (χ0) is 12.8. The Bertz CT molecular complexity index is 378. The molecule has 0 unspecified atom stereocenters. The quantitative estimate of drug-likeness (QED) is 0.610. The zero-order valence-electron chi connectivity index (χ0n) is 10.6. The third-order valence-corrected chi connectivity index (χ3v) is 2.82. The summed E-state index contributed by atoms with van der Waals surface area (Å²) in [5, 5.41) is 0. The summed E-state index contributed by atoms with van der Waals surface area (Å²) < 4.78 is 13.7. The van der Waals surface area contributed by atoms with Crippen LogP contribution in [-0.4, -0.2) is 12.3 Å².